The van der Waals surface area contributed by atoms with Crippen molar-refractivity contribution in [2.45, 2.75) is 6.42 Å². The van der Waals surface area contributed by atoms with Gasteiger partial charge in [-0.3, -0.25) is 24.5 Å². The van der Waals surface area contributed by atoms with E-state index in [2.05, 4.69) is 10.3 Å². The summed E-state index contributed by atoms with van der Waals surface area (Å²) in [7, 11) is 1.69. The van der Waals surface area contributed by atoms with Crippen LogP contribution < -0.4 is 10.2 Å². The molecule has 2 N–H and O–H groups in total. The standard InChI is InChI=1S/C26H19N3O4/c1-29(17-9-6-15(7-10-17)12-20-23(30)14-24(31)28-25(20)32)26(33)16-8-11-22-19(13-16)18-4-2-3-5-21(18)27-22/h2-13,27H,14H2,1H3,(H,28,31,32)/b20-12+. The second-order valence-corrected chi connectivity index (χ2v) is 7.92. The van der Waals surface area contributed by atoms with Crippen molar-refractivity contribution in [1.29, 1.82) is 0 Å². The zero-order chi connectivity index (χ0) is 23.1. The topological polar surface area (TPSA) is 99.3 Å². The highest BCUT2D eigenvalue weighted by Crippen LogP contribution is 2.27. The van der Waals surface area contributed by atoms with Crippen LogP contribution in [-0.4, -0.2) is 35.5 Å². The lowest BCUT2D eigenvalue weighted by Gasteiger charge is -2.18. The SMILES string of the molecule is CN(C(=O)c1ccc2[nH]c3ccccc3c2c1)c1ccc(/C=C2\C(=O)CC(=O)NC2=O)cc1. The maximum Gasteiger partial charge on any atom is 0.261 e. The Morgan fingerprint density at radius 1 is 0.909 bits per heavy atom. The van der Waals surface area contributed by atoms with E-state index in [1.807, 2.05) is 36.4 Å². The number of imide groups is 1. The van der Waals surface area contributed by atoms with Crippen molar-refractivity contribution in [3.63, 3.8) is 0 Å². The quantitative estimate of drug-likeness (QED) is 0.221. The summed E-state index contributed by atoms with van der Waals surface area (Å²) in [4.78, 5) is 53.2. The molecule has 0 aliphatic carbocycles. The van der Waals surface area contributed by atoms with Gasteiger partial charge in [-0.1, -0.05) is 30.3 Å². The van der Waals surface area contributed by atoms with E-state index in [1.165, 1.54) is 6.08 Å². The second-order valence-electron chi connectivity index (χ2n) is 7.92. The maximum absolute atomic E-state index is 13.1. The molecular weight excluding hydrogens is 418 g/mol. The summed E-state index contributed by atoms with van der Waals surface area (Å²) in [5.41, 5.74) is 3.78. The van der Waals surface area contributed by atoms with E-state index in [4.69, 9.17) is 0 Å². The molecule has 1 aliphatic rings. The van der Waals surface area contributed by atoms with Crippen molar-refractivity contribution in [3.05, 3.63) is 83.4 Å². The number of ketones is 1. The third-order valence-corrected chi connectivity index (χ3v) is 5.77. The van der Waals surface area contributed by atoms with Crippen LogP contribution in [0.25, 0.3) is 27.9 Å². The van der Waals surface area contributed by atoms with Crippen molar-refractivity contribution in [2.75, 3.05) is 11.9 Å². The van der Waals surface area contributed by atoms with Crippen molar-refractivity contribution in [1.82, 2.24) is 10.3 Å². The fourth-order valence-electron chi connectivity index (χ4n) is 4.00. The average Bonchev–Trinajstić information content (AvgIpc) is 3.19. The predicted octanol–water partition coefficient (Wildman–Crippen LogP) is 3.60. The molecule has 1 aromatic heterocycles. The van der Waals surface area contributed by atoms with Crippen LogP contribution in [-0.2, 0) is 14.4 Å². The molecule has 0 spiro atoms. The molecule has 162 valence electrons. The van der Waals surface area contributed by atoms with Gasteiger partial charge in [0, 0.05) is 40.1 Å². The number of carbonyl (C=O) groups excluding carboxylic acids is 4. The number of hydrogen-bond acceptors (Lipinski definition) is 4. The summed E-state index contributed by atoms with van der Waals surface area (Å²) in [6.07, 6.45) is 1.11. The number of anilines is 1. The summed E-state index contributed by atoms with van der Waals surface area (Å²) in [6.45, 7) is 0. The van der Waals surface area contributed by atoms with E-state index in [1.54, 1.807) is 42.3 Å². The number of nitrogens with zero attached hydrogens (tertiary/aromatic N) is 1. The van der Waals surface area contributed by atoms with Crippen LogP contribution >= 0.6 is 0 Å². The Hall–Kier alpha value is -4.52. The van der Waals surface area contributed by atoms with Crippen LogP contribution in [0.1, 0.15) is 22.3 Å². The van der Waals surface area contributed by atoms with E-state index in [0.29, 0.717) is 16.8 Å². The molecule has 33 heavy (non-hydrogen) atoms. The highest BCUT2D eigenvalue weighted by atomic mass is 16.2. The summed E-state index contributed by atoms with van der Waals surface area (Å²) in [5.74, 6) is -1.95. The average molecular weight is 437 g/mol. The van der Waals surface area contributed by atoms with Crippen LogP contribution in [0.15, 0.2) is 72.3 Å². The number of nitrogens with one attached hydrogen (secondary N) is 2. The largest absolute Gasteiger partial charge is 0.355 e. The lowest BCUT2D eigenvalue weighted by atomic mass is 10.0. The normalized spacial score (nSPS) is 15.3. The van der Waals surface area contributed by atoms with Gasteiger partial charge in [0.15, 0.2) is 5.78 Å². The third kappa shape index (κ3) is 3.70. The summed E-state index contributed by atoms with van der Waals surface area (Å²) < 4.78 is 0. The number of hydrogen-bond donors (Lipinski definition) is 2. The molecule has 7 nitrogen and oxygen atoms in total. The van der Waals surface area contributed by atoms with Crippen molar-refractivity contribution < 1.29 is 19.2 Å². The Labute approximate surface area is 188 Å². The van der Waals surface area contributed by atoms with Gasteiger partial charge in [0.2, 0.25) is 5.91 Å². The number of para-hydroxylation sites is 1. The van der Waals surface area contributed by atoms with Gasteiger partial charge in [-0.15, -0.1) is 0 Å². The maximum atomic E-state index is 13.1. The van der Waals surface area contributed by atoms with Crippen LogP contribution in [0.4, 0.5) is 5.69 Å². The number of rotatable bonds is 3. The number of amides is 3. The van der Waals surface area contributed by atoms with E-state index in [0.717, 1.165) is 21.8 Å². The fraction of sp³-hybridized carbons (Fsp3) is 0.0769. The van der Waals surface area contributed by atoms with Crippen molar-refractivity contribution >= 4 is 57.1 Å². The van der Waals surface area contributed by atoms with Gasteiger partial charge in [-0.05, 0) is 48.0 Å². The monoisotopic (exact) mass is 437 g/mol. The molecule has 2 heterocycles. The minimum absolute atomic E-state index is 0.0567. The summed E-state index contributed by atoms with van der Waals surface area (Å²) in [6, 6.07) is 20.5. The number of aromatic amines is 1. The molecule has 4 aromatic rings. The Morgan fingerprint density at radius 3 is 2.39 bits per heavy atom. The molecule has 3 amide bonds. The molecule has 1 saturated heterocycles. The highest BCUT2D eigenvalue weighted by molar-refractivity contribution is 6.32. The number of carbonyl (C=O) groups is 4. The zero-order valence-corrected chi connectivity index (χ0v) is 17.7. The molecule has 0 saturated carbocycles. The third-order valence-electron chi connectivity index (χ3n) is 5.77. The number of Topliss-reactive ketones (excluding diaryl/α,β-unsaturated/α-hetero) is 1. The molecule has 0 radical (unpaired) electrons. The van der Waals surface area contributed by atoms with Crippen LogP contribution in [0.2, 0.25) is 0 Å². The summed E-state index contributed by atoms with van der Waals surface area (Å²) >= 11 is 0. The van der Waals surface area contributed by atoms with Crippen LogP contribution in [0.5, 0.6) is 0 Å². The Balaban J connectivity index is 1.40. The van der Waals surface area contributed by atoms with E-state index < -0.39 is 17.6 Å². The van der Waals surface area contributed by atoms with Gasteiger partial charge >= 0.3 is 0 Å². The van der Waals surface area contributed by atoms with Gasteiger partial charge in [-0.2, -0.15) is 0 Å². The number of fused-ring (bicyclic) bond motifs is 3. The van der Waals surface area contributed by atoms with E-state index in [9.17, 15) is 19.2 Å². The smallest absolute Gasteiger partial charge is 0.261 e. The lowest BCUT2D eigenvalue weighted by molar-refractivity contribution is -0.134. The van der Waals surface area contributed by atoms with Crippen molar-refractivity contribution in [2.24, 2.45) is 0 Å². The van der Waals surface area contributed by atoms with Gasteiger partial charge in [0.25, 0.3) is 11.8 Å². The molecule has 1 fully saturated rings. The predicted molar refractivity (Wildman–Crippen MR) is 126 cm³/mol. The minimum Gasteiger partial charge on any atom is -0.355 e. The van der Waals surface area contributed by atoms with Gasteiger partial charge in [0.1, 0.15) is 0 Å². The molecule has 1 aliphatic heterocycles. The molecule has 0 bridgehead atoms. The zero-order valence-electron chi connectivity index (χ0n) is 17.7. The Kier molecular flexibility index (Phi) is 4.86. The molecule has 5 rings (SSSR count). The molecule has 0 atom stereocenters. The van der Waals surface area contributed by atoms with E-state index in [-0.39, 0.29) is 17.9 Å². The first-order valence-electron chi connectivity index (χ1n) is 10.4. The molecule has 3 aromatic carbocycles. The molecule has 0 unspecified atom stereocenters. The van der Waals surface area contributed by atoms with E-state index >= 15 is 0 Å². The second kappa shape index (κ2) is 7.87. The van der Waals surface area contributed by atoms with Crippen molar-refractivity contribution in [3.8, 4) is 0 Å². The summed E-state index contributed by atoms with van der Waals surface area (Å²) in [5, 5.41) is 4.19. The number of piperidine rings is 1. The fourth-order valence-corrected chi connectivity index (χ4v) is 4.00. The number of H-pyrrole nitrogens is 1. The first-order chi connectivity index (χ1) is 15.9. The number of aromatic nitrogens is 1. The van der Waals surface area contributed by atoms with Gasteiger partial charge in [0.05, 0.1) is 12.0 Å². The van der Waals surface area contributed by atoms with Crippen LogP contribution in [0, 0.1) is 0 Å². The molecular formula is C26H19N3O4. The first kappa shape index (κ1) is 20.4. The van der Waals surface area contributed by atoms with Gasteiger partial charge < -0.3 is 9.88 Å². The minimum atomic E-state index is -0.694. The molecule has 7 heteroatoms. The van der Waals surface area contributed by atoms with Gasteiger partial charge in [-0.25, -0.2) is 0 Å². The Bertz CT molecular complexity index is 1470. The number of benzene rings is 3. The van der Waals surface area contributed by atoms with Crippen LogP contribution in [0.3, 0.4) is 0 Å². The highest BCUT2D eigenvalue weighted by Gasteiger charge is 2.28. The first-order valence-corrected chi connectivity index (χ1v) is 10.4. The Morgan fingerprint density at radius 2 is 1.64 bits per heavy atom. The lowest BCUT2D eigenvalue weighted by Crippen LogP contribution is -2.40.